The van der Waals surface area contributed by atoms with Gasteiger partial charge in [-0.15, -0.1) is 0 Å². The van der Waals surface area contributed by atoms with Gasteiger partial charge in [-0.2, -0.15) is 0 Å². The topological polar surface area (TPSA) is 23.5 Å². The van der Waals surface area contributed by atoms with Crippen molar-refractivity contribution in [1.29, 1.82) is 0 Å². The fraction of sp³-hybridized carbons (Fsp3) is 1.00. The van der Waals surface area contributed by atoms with Crippen LogP contribution in [-0.4, -0.2) is 35.7 Å². The van der Waals surface area contributed by atoms with Crippen LogP contribution >= 0.6 is 0 Å². The van der Waals surface area contributed by atoms with Crippen LogP contribution in [0.4, 0.5) is 0 Å². The van der Waals surface area contributed by atoms with E-state index in [0.717, 1.165) is 25.3 Å². The van der Waals surface area contributed by atoms with Gasteiger partial charge in [-0.1, -0.05) is 26.7 Å². The third-order valence-electron chi connectivity index (χ3n) is 3.27. The van der Waals surface area contributed by atoms with Gasteiger partial charge >= 0.3 is 0 Å². The Balaban J connectivity index is 2.22. The molecule has 0 aliphatic carbocycles. The lowest BCUT2D eigenvalue weighted by molar-refractivity contribution is 0.0782. The zero-order valence-electron chi connectivity index (χ0n) is 9.71. The average molecular weight is 199 g/mol. The zero-order valence-corrected chi connectivity index (χ0v) is 9.71. The molecule has 1 heterocycles. The molecular weight excluding hydrogens is 174 g/mol. The molecule has 0 radical (unpaired) electrons. The Kier molecular flexibility index (Phi) is 5.49. The highest BCUT2D eigenvalue weighted by Gasteiger charge is 2.19. The molecule has 1 rings (SSSR count). The molecule has 0 aromatic rings. The fourth-order valence-electron chi connectivity index (χ4n) is 2.37. The summed E-state index contributed by atoms with van der Waals surface area (Å²) >= 11 is 0. The maximum absolute atomic E-state index is 9.72. The van der Waals surface area contributed by atoms with Crippen molar-refractivity contribution in [2.75, 3.05) is 19.6 Å². The lowest BCUT2D eigenvalue weighted by Gasteiger charge is -2.33. The Labute approximate surface area is 88.3 Å². The van der Waals surface area contributed by atoms with E-state index in [0.29, 0.717) is 0 Å². The normalized spacial score (nSPS) is 26.4. The minimum Gasteiger partial charge on any atom is -0.392 e. The number of aliphatic hydroxyl groups excluding tert-OH is 1. The highest BCUT2D eigenvalue weighted by molar-refractivity contribution is 4.74. The first-order valence-electron chi connectivity index (χ1n) is 6.16. The molecule has 14 heavy (non-hydrogen) atoms. The lowest BCUT2D eigenvalue weighted by atomic mass is 9.95. The molecule has 0 saturated carbocycles. The second kappa shape index (κ2) is 6.41. The zero-order chi connectivity index (χ0) is 10.4. The maximum Gasteiger partial charge on any atom is 0.0667 e. The first-order chi connectivity index (χ1) is 6.76. The number of likely N-dealkylation sites (tertiary alicyclic amines) is 1. The molecule has 0 spiro atoms. The Morgan fingerprint density at radius 1 is 1.43 bits per heavy atom. The van der Waals surface area contributed by atoms with Crippen molar-refractivity contribution in [2.24, 2.45) is 5.92 Å². The van der Waals surface area contributed by atoms with Gasteiger partial charge in [-0.05, 0) is 31.7 Å². The van der Waals surface area contributed by atoms with Gasteiger partial charge in [0.25, 0.3) is 0 Å². The van der Waals surface area contributed by atoms with E-state index >= 15 is 0 Å². The Morgan fingerprint density at radius 3 is 2.86 bits per heavy atom. The number of hydrogen-bond acceptors (Lipinski definition) is 2. The summed E-state index contributed by atoms with van der Waals surface area (Å²) in [6.45, 7) is 7.70. The summed E-state index contributed by atoms with van der Waals surface area (Å²) in [5.74, 6) is 0.873. The van der Waals surface area contributed by atoms with Gasteiger partial charge in [-0.25, -0.2) is 0 Å². The SMILES string of the molecule is CCCC(O)CN1CCCC(CC)C1. The molecule has 0 amide bonds. The van der Waals surface area contributed by atoms with Gasteiger partial charge < -0.3 is 10.0 Å². The molecule has 0 aromatic carbocycles. The number of hydrogen-bond donors (Lipinski definition) is 1. The van der Waals surface area contributed by atoms with E-state index in [1.54, 1.807) is 0 Å². The molecule has 1 aliphatic rings. The van der Waals surface area contributed by atoms with E-state index in [1.165, 1.54) is 32.4 Å². The molecule has 0 bridgehead atoms. The molecule has 2 atom stereocenters. The number of piperidine rings is 1. The Bertz CT molecular complexity index is 149. The standard InChI is InChI=1S/C12H25NO/c1-3-6-12(14)10-13-8-5-7-11(4-2)9-13/h11-12,14H,3-10H2,1-2H3. The van der Waals surface area contributed by atoms with E-state index < -0.39 is 0 Å². The lowest BCUT2D eigenvalue weighted by Crippen LogP contribution is -2.40. The van der Waals surface area contributed by atoms with Gasteiger partial charge in [0.2, 0.25) is 0 Å². The summed E-state index contributed by atoms with van der Waals surface area (Å²) in [7, 11) is 0. The van der Waals surface area contributed by atoms with Crippen LogP contribution in [0.15, 0.2) is 0 Å². The van der Waals surface area contributed by atoms with Crippen LogP contribution < -0.4 is 0 Å². The molecule has 2 unspecified atom stereocenters. The van der Waals surface area contributed by atoms with Crippen LogP contribution in [0, 0.1) is 5.92 Å². The van der Waals surface area contributed by atoms with E-state index in [9.17, 15) is 5.11 Å². The molecular formula is C12H25NO. The quantitative estimate of drug-likeness (QED) is 0.734. The molecule has 84 valence electrons. The molecule has 1 N–H and O–H groups in total. The number of β-amino-alcohol motifs (C(OH)–C–C–N with tert-alkyl or cyclic N) is 1. The Hall–Kier alpha value is -0.0800. The number of nitrogens with zero attached hydrogens (tertiary/aromatic N) is 1. The van der Waals surface area contributed by atoms with Gasteiger partial charge in [0.05, 0.1) is 6.10 Å². The van der Waals surface area contributed by atoms with Gasteiger partial charge in [0, 0.05) is 13.1 Å². The third-order valence-corrected chi connectivity index (χ3v) is 3.27. The van der Waals surface area contributed by atoms with Crippen molar-refractivity contribution in [1.82, 2.24) is 4.90 Å². The molecule has 1 aliphatic heterocycles. The van der Waals surface area contributed by atoms with Crippen molar-refractivity contribution in [3.63, 3.8) is 0 Å². The summed E-state index contributed by atoms with van der Waals surface area (Å²) in [4.78, 5) is 2.44. The summed E-state index contributed by atoms with van der Waals surface area (Å²) in [5.41, 5.74) is 0. The van der Waals surface area contributed by atoms with Crippen LogP contribution in [0.3, 0.4) is 0 Å². The van der Waals surface area contributed by atoms with Crippen molar-refractivity contribution in [3.8, 4) is 0 Å². The van der Waals surface area contributed by atoms with Gasteiger partial charge in [-0.3, -0.25) is 0 Å². The summed E-state index contributed by atoms with van der Waals surface area (Å²) in [5, 5.41) is 9.72. The van der Waals surface area contributed by atoms with E-state index in [2.05, 4.69) is 18.7 Å². The molecule has 0 aromatic heterocycles. The van der Waals surface area contributed by atoms with Crippen LogP contribution in [-0.2, 0) is 0 Å². The van der Waals surface area contributed by atoms with Crippen molar-refractivity contribution in [3.05, 3.63) is 0 Å². The van der Waals surface area contributed by atoms with Crippen molar-refractivity contribution >= 4 is 0 Å². The van der Waals surface area contributed by atoms with E-state index in [-0.39, 0.29) is 6.10 Å². The Morgan fingerprint density at radius 2 is 2.21 bits per heavy atom. The largest absolute Gasteiger partial charge is 0.392 e. The molecule has 2 heteroatoms. The van der Waals surface area contributed by atoms with Crippen LogP contribution in [0.25, 0.3) is 0 Å². The second-order valence-electron chi connectivity index (χ2n) is 4.62. The van der Waals surface area contributed by atoms with Crippen LogP contribution in [0.1, 0.15) is 46.0 Å². The summed E-state index contributed by atoms with van der Waals surface area (Å²) in [6, 6.07) is 0. The highest BCUT2D eigenvalue weighted by atomic mass is 16.3. The number of rotatable bonds is 5. The smallest absolute Gasteiger partial charge is 0.0667 e. The average Bonchev–Trinajstić information content (AvgIpc) is 2.18. The predicted molar refractivity (Wildman–Crippen MR) is 60.4 cm³/mol. The highest BCUT2D eigenvalue weighted by Crippen LogP contribution is 2.19. The van der Waals surface area contributed by atoms with Crippen LogP contribution in [0.5, 0.6) is 0 Å². The number of aliphatic hydroxyl groups is 1. The molecule has 1 fully saturated rings. The predicted octanol–water partition coefficient (Wildman–Crippen LogP) is 2.27. The minimum absolute atomic E-state index is 0.101. The van der Waals surface area contributed by atoms with Gasteiger partial charge in [0.1, 0.15) is 0 Å². The molecule has 2 nitrogen and oxygen atoms in total. The first kappa shape index (κ1) is 12.0. The first-order valence-corrected chi connectivity index (χ1v) is 6.16. The van der Waals surface area contributed by atoms with Gasteiger partial charge in [0.15, 0.2) is 0 Å². The monoisotopic (exact) mass is 199 g/mol. The summed E-state index contributed by atoms with van der Waals surface area (Å²) in [6.07, 6.45) is 5.93. The van der Waals surface area contributed by atoms with E-state index in [4.69, 9.17) is 0 Å². The fourth-order valence-corrected chi connectivity index (χ4v) is 2.37. The van der Waals surface area contributed by atoms with Crippen molar-refractivity contribution < 1.29 is 5.11 Å². The van der Waals surface area contributed by atoms with Crippen LogP contribution in [0.2, 0.25) is 0 Å². The van der Waals surface area contributed by atoms with Crippen molar-refractivity contribution in [2.45, 2.75) is 52.1 Å². The van der Waals surface area contributed by atoms with E-state index in [1.807, 2.05) is 0 Å². The molecule has 1 saturated heterocycles. The maximum atomic E-state index is 9.72. The second-order valence-corrected chi connectivity index (χ2v) is 4.62. The minimum atomic E-state index is -0.101. The summed E-state index contributed by atoms with van der Waals surface area (Å²) < 4.78 is 0. The third kappa shape index (κ3) is 3.97.